The van der Waals surface area contributed by atoms with Crippen LogP contribution in [0, 0.1) is 0 Å². The van der Waals surface area contributed by atoms with Crippen molar-refractivity contribution in [1.82, 2.24) is 10.2 Å². The molecule has 0 aromatic heterocycles. The summed E-state index contributed by atoms with van der Waals surface area (Å²) < 4.78 is 5.35. The Morgan fingerprint density at radius 3 is 3.05 bits per heavy atom. The maximum atomic E-state index is 5.35. The Morgan fingerprint density at radius 1 is 1.50 bits per heavy atom. The minimum atomic E-state index is 0. The van der Waals surface area contributed by atoms with Crippen LogP contribution in [0.2, 0.25) is 0 Å². The van der Waals surface area contributed by atoms with Crippen LogP contribution >= 0.6 is 35.7 Å². The number of nitrogens with one attached hydrogen (secondary N) is 1. The Labute approximate surface area is 156 Å². The number of nitrogens with zero attached hydrogens (tertiary/aromatic N) is 2. The topological polar surface area (TPSA) is 36.9 Å². The van der Waals surface area contributed by atoms with Gasteiger partial charge in [-0.05, 0) is 26.2 Å². The van der Waals surface area contributed by atoms with E-state index in [1.165, 1.54) is 17.7 Å². The van der Waals surface area contributed by atoms with Crippen LogP contribution in [0.4, 0.5) is 0 Å². The largest absolute Gasteiger partial charge is 0.377 e. The highest BCUT2D eigenvalue weighted by atomic mass is 127. The highest BCUT2D eigenvalue weighted by Gasteiger charge is 2.21. The van der Waals surface area contributed by atoms with Gasteiger partial charge in [0.2, 0.25) is 0 Å². The molecule has 0 radical (unpaired) electrons. The monoisotopic (exact) mass is 439 g/mol. The summed E-state index contributed by atoms with van der Waals surface area (Å²) in [6.45, 7) is 10.1. The molecule has 0 amide bonds. The van der Waals surface area contributed by atoms with E-state index in [2.05, 4.69) is 41.9 Å². The summed E-state index contributed by atoms with van der Waals surface area (Å²) in [7, 11) is 0. The molecule has 2 heterocycles. The first kappa shape index (κ1) is 20.1. The third-order valence-corrected chi connectivity index (χ3v) is 5.35. The normalized spacial score (nSPS) is 22.8. The Hall–Kier alpha value is 0.0500. The minimum Gasteiger partial charge on any atom is -0.377 e. The van der Waals surface area contributed by atoms with Gasteiger partial charge in [-0.15, -0.1) is 24.0 Å². The molecular formula is C16H30IN3OS. The summed E-state index contributed by atoms with van der Waals surface area (Å²) in [5.41, 5.74) is 1.50. The number of hydrogen-bond donors (Lipinski definition) is 1. The van der Waals surface area contributed by atoms with Crippen molar-refractivity contribution >= 4 is 41.7 Å². The first-order chi connectivity index (χ1) is 10.3. The van der Waals surface area contributed by atoms with Crippen molar-refractivity contribution in [2.45, 2.75) is 38.4 Å². The van der Waals surface area contributed by atoms with Crippen molar-refractivity contribution in [3.63, 3.8) is 0 Å². The van der Waals surface area contributed by atoms with Crippen LogP contribution in [0.25, 0.3) is 0 Å². The molecule has 1 saturated heterocycles. The summed E-state index contributed by atoms with van der Waals surface area (Å²) in [6.07, 6.45) is 5.60. The van der Waals surface area contributed by atoms with Gasteiger partial charge in [0.15, 0.2) is 5.96 Å². The van der Waals surface area contributed by atoms with E-state index >= 15 is 0 Å². The van der Waals surface area contributed by atoms with Crippen LogP contribution in [0.5, 0.6) is 0 Å². The zero-order valence-corrected chi connectivity index (χ0v) is 17.0. The summed E-state index contributed by atoms with van der Waals surface area (Å²) in [5, 5.41) is 4.21. The Balaban J connectivity index is 0.00000242. The SMILES string of the molecule is CCNC(=NCCC1=CCOCC1)N1CCSC(CC)C1.I. The van der Waals surface area contributed by atoms with Gasteiger partial charge in [0.25, 0.3) is 0 Å². The highest BCUT2D eigenvalue weighted by molar-refractivity contribution is 14.0. The van der Waals surface area contributed by atoms with Crippen LogP contribution in [0.15, 0.2) is 16.6 Å². The zero-order chi connectivity index (χ0) is 14.9. The number of hydrogen-bond acceptors (Lipinski definition) is 3. The molecule has 2 rings (SSSR count). The van der Waals surface area contributed by atoms with Crippen LogP contribution in [-0.2, 0) is 4.74 Å². The molecule has 22 heavy (non-hydrogen) atoms. The average Bonchev–Trinajstić information content (AvgIpc) is 2.55. The van der Waals surface area contributed by atoms with Gasteiger partial charge in [-0.1, -0.05) is 18.6 Å². The van der Waals surface area contributed by atoms with Gasteiger partial charge < -0.3 is 15.0 Å². The number of ether oxygens (including phenoxy) is 1. The fraction of sp³-hybridized carbons (Fsp3) is 0.812. The van der Waals surface area contributed by atoms with Gasteiger partial charge >= 0.3 is 0 Å². The maximum Gasteiger partial charge on any atom is 0.193 e. The quantitative estimate of drug-likeness (QED) is 0.309. The van der Waals surface area contributed by atoms with Crippen molar-refractivity contribution in [2.24, 2.45) is 4.99 Å². The lowest BCUT2D eigenvalue weighted by Crippen LogP contribution is -2.48. The molecule has 2 aliphatic rings. The van der Waals surface area contributed by atoms with Gasteiger partial charge in [0.05, 0.1) is 13.2 Å². The second-order valence-electron chi connectivity index (χ2n) is 5.52. The minimum absolute atomic E-state index is 0. The first-order valence-electron chi connectivity index (χ1n) is 8.24. The van der Waals surface area contributed by atoms with Gasteiger partial charge in [0, 0.05) is 37.2 Å². The summed E-state index contributed by atoms with van der Waals surface area (Å²) in [5.74, 6) is 2.31. The summed E-state index contributed by atoms with van der Waals surface area (Å²) >= 11 is 2.10. The lowest BCUT2D eigenvalue weighted by atomic mass is 10.1. The molecule has 0 aliphatic carbocycles. The molecule has 0 aromatic carbocycles. The van der Waals surface area contributed by atoms with Crippen molar-refractivity contribution in [3.05, 3.63) is 11.6 Å². The van der Waals surface area contributed by atoms with E-state index in [4.69, 9.17) is 9.73 Å². The first-order valence-corrected chi connectivity index (χ1v) is 9.28. The fourth-order valence-corrected chi connectivity index (χ4v) is 3.86. The van der Waals surface area contributed by atoms with E-state index in [1.807, 2.05) is 0 Å². The molecule has 0 spiro atoms. The van der Waals surface area contributed by atoms with Gasteiger partial charge in [-0.25, -0.2) is 0 Å². The van der Waals surface area contributed by atoms with E-state index < -0.39 is 0 Å². The van der Waals surface area contributed by atoms with Crippen LogP contribution < -0.4 is 5.32 Å². The zero-order valence-electron chi connectivity index (χ0n) is 13.8. The molecule has 2 aliphatic heterocycles. The maximum absolute atomic E-state index is 5.35. The lowest BCUT2D eigenvalue weighted by Gasteiger charge is -2.34. The van der Waals surface area contributed by atoms with Crippen LogP contribution in [-0.4, -0.2) is 61.3 Å². The molecular weight excluding hydrogens is 409 g/mol. The number of guanidine groups is 1. The number of rotatable bonds is 5. The van der Waals surface area contributed by atoms with Gasteiger partial charge in [-0.3, -0.25) is 4.99 Å². The van der Waals surface area contributed by atoms with E-state index in [1.54, 1.807) is 0 Å². The third-order valence-electron chi connectivity index (χ3n) is 3.98. The Morgan fingerprint density at radius 2 is 2.36 bits per heavy atom. The molecule has 0 bridgehead atoms. The number of thioether (sulfide) groups is 1. The summed E-state index contributed by atoms with van der Waals surface area (Å²) in [4.78, 5) is 7.28. The van der Waals surface area contributed by atoms with Gasteiger partial charge in [0.1, 0.15) is 0 Å². The Kier molecular flexibility index (Phi) is 10.6. The molecule has 0 saturated carbocycles. The lowest BCUT2D eigenvalue weighted by molar-refractivity contribution is 0.153. The molecule has 1 unspecified atom stereocenters. The van der Waals surface area contributed by atoms with Crippen molar-refractivity contribution < 1.29 is 4.74 Å². The number of halogens is 1. The van der Waals surface area contributed by atoms with Crippen molar-refractivity contribution in [2.75, 3.05) is 45.1 Å². The summed E-state index contributed by atoms with van der Waals surface area (Å²) in [6, 6.07) is 0. The van der Waals surface area contributed by atoms with Crippen molar-refractivity contribution in [3.8, 4) is 0 Å². The van der Waals surface area contributed by atoms with Crippen LogP contribution in [0.1, 0.15) is 33.1 Å². The van der Waals surface area contributed by atoms with E-state index in [9.17, 15) is 0 Å². The predicted molar refractivity (Wildman–Crippen MR) is 108 cm³/mol. The van der Waals surface area contributed by atoms with Crippen molar-refractivity contribution in [1.29, 1.82) is 0 Å². The molecule has 128 valence electrons. The van der Waals surface area contributed by atoms with E-state index in [0.29, 0.717) is 0 Å². The standard InChI is InChI=1S/C16H29N3OS.HI/c1-3-15-13-19(9-12-21-15)16(17-4-2)18-8-5-14-6-10-20-11-7-14;/h6,15H,3-5,7-13H2,1-2H3,(H,17,18);1H. The smallest absolute Gasteiger partial charge is 0.193 e. The fourth-order valence-electron chi connectivity index (χ4n) is 2.68. The average molecular weight is 439 g/mol. The highest BCUT2D eigenvalue weighted by Crippen LogP contribution is 2.21. The second kappa shape index (κ2) is 11.6. The molecule has 1 fully saturated rings. The molecule has 1 atom stereocenters. The predicted octanol–water partition coefficient (Wildman–Crippen LogP) is 3.13. The van der Waals surface area contributed by atoms with Gasteiger partial charge in [-0.2, -0.15) is 11.8 Å². The van der Waals surface area contributed by atoms with E-state index in [-0.39, 0.29) is 24.0 Å². The molecule has 4 nitrogen and oxygen atoms in total. The number of aliphatic imine (C=N–C) groups is 1. The molecule has 1 N–H and O–H groups in total. The molecule has 6 heteroatoms. The third kappa shape index (κ3) is 6.66. The van der Waals surface area contributed by atoms with E-state index in [0.717, 1.165) is 63.4 Å². The van der Waals surface area contributed by atoms with Crippen LogP contribution in [0.3, 0.4) is 0 Å². The second-order valence-corrected chi connectivity index (χ2v) is 6.93. The molecule has 0 aromatic rings. The Bertz CT molecular complexity index is 376.